The van der Waals surface area contributed by atoms with Gasteiger partial charge in [0.05, 0.1) is 38.1 Å². The van der Waals surface area contributed by atoms with Crippen LogP contribution in [0.2, 0.25) is 0 Å². The summed E-state index contributed by atoms with van der Waals surface area (Å²) in [6, 6.07) is 3.10. The van der Waals surface area contributed by atoms with Gasteiger partial charge in [-0.1, -0.05) is 64.5 Å². The van der Waals surface area contributed by atoms with Crippen molar-refractivity contribution in [3.05, 3.63) is 29.8 Å². The molecule has 11 N–H and O–H groups in total. The van der Waals surface area contributed by atoms with Crippen LogP contribution in [0.5, 0.6) is 5.75 Å². The first kappa shape index (κ1) is 57.8. The lowest BCUT2D eigenvalue weighted by Gasteiger charge is -2.28. The molecule has 8 amide bonds. The average Bonchev–Trinajstić information content (AvgIpc) is 3.30. The molecule has 1 aromatic carbocycles. The number of nitrogens with one attached hydrogen (secondary N) is 4. The average molecular weight is 981 g/mol. The smallest absolute Gasteiger partial charge is 0.236 e. The lowest BCUT2D eigenvalue weighted by Crippen LogP contribution is -2.50. The van der Waals surface area contributed by atoms with Crippen molar-refractivity contribution in [3.63, 3.8) is 0 Å². The number of benzene rings is 1. The predicted molar refractivity (Wildman–Crippen MR) is 253 cm³/mol. The summed E-state index contributed by atoms with van der Waals surface area (Å²) in [5, 5.41) is 20.1. The zero-order chi connectivity index (χ0) is 52.1. The van der Waals surface area contributed by atoms with Crippen LogP contribution in [0.4, 0.5) is 0 Å². The number of likely N-dealkylation sites (N-methyl/N-ethyl adjacent to an activating group) is 1. The lowest BCUT2D eigenvalue weighted by atomic mass is 9.81. The first-order valence-electron chi connectivity index (χ1n) is 24.2. The molecule has 0 aromatic heterocycles. The molecule has 0 radical (unpaired) electrons. The van der Waals surface area contributed by atoms with Crippen LogP contribution in [-0.4, -0.2) is 119 Å². The van der Waals surface area contributed by atoms with Crippen LogP contribution in [-0.2, 0) is 64.0 Å². The number of carbonyl (C=O) groups excluding carboxylic acids is 12. The van der Waals surface area contributed by atoms with Crippen molar-refractivity contribution in [1.82, 2.24) is 26.2 Å². The molecule has 2 fully saturated rings. The van der Waals surface area contributed by atoms with E-state index in [-0.39, 0.29) is 50.2 Å². The Morgan fingerprint density at radius 1 is 0.814 bits per heavy atom. The minimum absolute atomic E-state index is 0.00435. The molecular weight excluding hydrogens is 909 g/mol. The number of nitrogens with zero attached hydrogens (tertiary/aromatic N) is 1. The third-order valence-electron chi connectivity index (χ3n) is 13.2. The Morgan fingerprint density at radius 3 is 2.09 bits per heavy atom. The Labute approximate surface area is 408 Å². The minimum atomic E-state index is -1.65. The van der Waals surface area contributed by atoms with Gasteiger partial charge in [0.25, 0.3) is 0 Å². The highest BCUT2D eigenvalue weighted by molar-refractivity contribution is 5.99. The van der Waals surface area contributed by atoms with Gasteiger partial charge in [0.15, 0.2) is 23.1 Å². The van der Waals surface area contributed by atoms with Crippen LogP contribution >= 0.6 is 0 Å². The molecule has 386 valence electrons. The van der Waals surface area contributed by atoms with Crippen LogP contribution in [0, 0.1) is 35.5 Å². The van der Waals surface area contributed by atoms with E-state index in [4.69, 9.17) is 17.2 Å². The number of Topliss-reactive ketones (excluding diaryl/α,β-unsaturated/α-hetero) is 4. The molecular formula is C49H72N8O13. The number of ketones is 4. The van der Waals surface area contributed by atoms with E-state index in [0.29, 0.717) is 18.4 Å². The zero-order valence-corrected chi connectivity index (χ0v) is 40.6. The summed E-state index contributed by atoms with van der Waals surface area (Å²) in [6.45, 7) is 2.01. The van der Waals surface area contributed by atoms with E-state index in [0.717, 1.165) is 37.0 Å². The van der Waals surface area contributed by atoms with E-state index in [9.17, 15) is 62.6 Å². The molecule has 2 aliphatic rings. The van der Waals surface area contributed by atoms with Crippen LogP contribution in [0.3, 0.4) is 0 Å². The Kier molecular flexibility index (Phi) is 23.8. The third-order valence-corrected chi connectivity index (χ3v) is 13.2. The summed E-state index contributed by atoms with van der Waals surface area (Å²) in [7, 11) is 1.30. The first-order valence-corrected chi connectivity index (χ1v) is 24.2. The second-order valence-electron chi connectivity index (χ2n) is 19.0. The van der Waals surface area contributed by atoms with E-state index >= 15 is 0 Å². The summed E-state index contributed by atoms with van der Waals surface area (Å²) in [5.74, 6) is -13.7. The monoisotopic (exact) mass is 981 g/mol. The predicted octanol–water partition coefficient (Wildman–Crippen LogP) is 0.333. The van der Waals surface area contributed by atoms with Gasteiger partial charge in [0, 0.05) is 69.2 Å². The van der Waals surface area contributed by atoms with Crippen molar-refractivity contribution >= 4 is 70.4 Å². The Bertz CT molecular complexity index is 2070. The number of nitrogens with two attached hydrogens (primary N) is 3. The molecule has 21 heteroatoms. The highest BCUT2D eigenvalue weighted by atomic mass is 16.3. The molecule has 3 rings (SSSR count). The number of primary amides is 3. The molecule has 0 unspecified atom stereocenters. The molecule has 1 saturated heterocycles. The summed E-state index contributed by atoms with van der Waals surface area (Å²) < 4.78 is 0. The van der Waals surface area contributed by atoms with E-state index in [2.05, 4.69) is 21.3 Å². The summed E-state index contributed by atoms with van der Waals surface area (Å²) in [5.41, 5.74) is 16.8. The van der Waals surface area contributed by atoms with Crippen molar-refractivity contribution < 1.29 is 62.6 Å². The topological polar surface area (TPSA) is 354 Å². The van der Waals surface area contributed by atoms with Gasteiger partial charge < -0.3 is 48.5 Å². The molecule has 0 spiro atoms. The molecule has 1 aromatic rings. The number of amides is 8. The molecule has 1 heterocycles. The summed E-state index contributed by atoms with van der Waals surface area (Å²) >= 11 is 0. The quantitative estimate of drug-likeness (QED) is 0.0928. The van der Waals surface area contributed by atoms with Gasteiger partial charge in [-0.2, -0.15) is 0 Å². The molecule has 1 aliphatic heterocycles. The van der Waals surface area contributed by atoms with Gasteiger partial charge in [0.1, 0.15) is 5.75 Å². The third kappa shape index (κ3) is 20.2. The highest BCUT2D eigenvalue weighted by Crippen LogP contribution is 2.31. The van der Waals surface area contributed by atoms with E-state index in [1.54, 1.807) is 26.0 Å². The number of aromatic hydroxyl groups is 1. The van der Waals surface area contributed by atoms with Gasteiger partial charge in [-0.15, -0.1) is 0 Å². The molecule has 1 saturated carbocycles. The standard InChI is InChI=1S/C49H72N8O13/c1-4-28(2)45-40(62)22-31(12-16-41(50)63)47(68)55-38(24-42(51)64)39(61)23-32(13-17-44(66)53-25-36(59)20-34(48(69)56-45)19-30-10-14-35(58)15-11-30)49(70)57(3)27-37(60)21-33(46(67)54-26-43(52)65)18-29-8-6-5-7-9-29/h10-11,14-15,28-29,31-34,38,45,58H,4-9,12-13,16-27H2,1-3H3,(H2,50,63)(H2,51,64)(H2,52,65)(H,53,66)(H,54,67)(H,55,68)(H,56,69)/t28-,31+,32+,33+,34+,38-,45-/m0/s1. The van der Waals surface area contributed by atoms with Crippen LogP contribution in [0.1, 0.15) is 122 Å². The molecule has 21 nitrogen and oxygen atoms in total. The fourth-order valence-corrected chi connectivity index (χ4v) is 9.03. The van der Waals surface area contributed by atoms with Gasteiger partial charge in [-0.25, -0.2) is 0 Å². The maximum Gasteiger partial charge on any atom is 0.236 e. The number of carbonyl (C=O) groups is 12. The maximum atomic E-state index is 14.2. The van der Waals surface area contributed by atoms with E-state index in [1.807, 2.05) is 0 Å². The van der Waals surface area contributed by atoms with E-state index < -0.39 is 157 Å². The van der Waals surface area contributed by atoms with Crippen molar-refractivity contribution in [2.24, 2.45) is 52.7 Å². The number of phenolic OH excluding ortho intramolecular Hbond substituents is 1. The van der Waals surface area contributed by atoms with Crippen molar-refractivity contribution in [2.75, 3.05) is 26.7 Å². The summed E-state index contributed by atoms with van der Waals surface area (Å²) in [4.78, 5) is 161. The Balaban J connectivity index is 1.99. The molecule has 7 atom stereocenters. The molecule has 1 aliphatic carbocycles. The SMILES string of the molecule is CC[C@H](C)[C@@H]1NC(=O)[C@H](Cc2ccc(O)cc2)CC(=O)CNC(=O)CC[C@@H](C(=O)N(C)CC(=O)C[C@@H](CC2CCCCC2)C(=O)NCC(N)=O)CC(=O)[C@H](CC(N)=O)NC(=O)[C@H](CCC(N)=O)CC1=O. The number of hydrogen-bond acceptors (Lipinski definition) is 13. The second-order valence-corrected chi connectivity index (χ2v) is 19.0. The van der Waals surface area contributed by atoms with Crippen molar-refractivity contribution in [3.8, 4) is 5.75 Å². The molecule has 70 heavy (non-hydrogen) atoms. The number of rotatable bonds is 19. The van der Waals surface area contributed by atoms with Gasteiger partial charge >= 0.3 is 0 Å². The van der Waals surface area contributed by atoms with Gasteiger partial charge in [-0.3, -0.25) is 57.5 Å². The Hall–Kier alpha value is -6.54. The largest absolute Gasteiger partial charge is 0.508 e. The van der Waals surface area contributed by atoms with E-state index in [1.165, 1.54) is 19.2 Å². The minimum Gasteiger partial charge on any atom is -0.508 e. The number of hydrogen-bond donors (Lipinski definition) is 8. The normalized spacial score (nSPS) is 22.6. The fourth-order valence-electron chi connectivity index (χ4n) is 9.03. The van der Waals surface area contributed by atoms with Gasteiger partial charge in [-0.05, 0) is 55.2 Å². The maximum absolute atomic E-state index is 14.2. The zero-order valence-electron chi connectivity index (χ0n) is 40.6. The first-order chi connectivity index (χ1) is 33.1. The highest BCUT2D eigenvalue weighted by Gasteiger charge is 2.37. The van der Waals surface area contributed by atoms with Crippen molar-refractivity contribution in [1.29, 1.82) is 0 Å². The van der Waals surface area contributed by atoms with Crippen LogP contribution in [0.15, 0.2) is 24.3 Å². The Morgan fingerprint density at radius 2 is 1.47 bits per heavy atom. The van der Waals surface area contributed by atoms with Crippen molar-refractivity contribution in [2.45, 2.75) is 135 Å². The molecule has 0 bridgehead atoms. The number of phenols is 1. The van der Waals surface area contributed by atoms with Gasteiger partial charge in [0.2, 0.25) is 47.3 Å². The summed E-state index contributed by atoms with van der Waals surface area (Å²) in [6.07, 6.45) is 1.49. The van der Waals surface area contributed by atoms with Crippen LogP contribution < -0.4 is 38.5 Å². The van der Waals surface area contributed by atoms with Crippen LogP contribution in [0.25, 0.3) is 0 Å². The lowest BCUT2D eigenvalue weighted by molar-refractivity contribution is -0.141. The fraction of sp³-hybridized carbons (Fsp3) is 0.633. The second kappa shape index (κ2) is 28.8.